The van der Waals surface area contributed by atoms with Crippen LogP contribution < -0.4 is 15.0 Å². The molecule has 1 aliphatic heterocycles. The predicted molar refractivity (Wildman–Crippen MR) is 111 cm³/mol. The summed E-state index contributed by atoms with van der Waals surface area (Å²) in [5, 5.41) is 2.67. The smallest absolute Gasteiger partial charge is 0.316 e. The minimum atomic E-state index is -0.469. The summed E-state index contributed by atoms with van der Waals surface area (Å²) in [5.74, 6) is 0.0783. The molecule has 1 N–H and O–H groups in total. The van der Waals surface area contributed by atoms with Crippen LogP contribution in [0.2, 0.25) is 0 Å². The molecule has 3 rings (SSSR count). The zero-order valence-corrected chi connectivity index (χ0v) is 16.9. The summed E-state index contributed by atoms with van der Waals surface area (Å²) >= 11 is 1.32. The van der Waals surface area contributed by atoms with Gasteiger partial charge in [-0.3, -0.25) is 14.4 Å². The predicted octanol–water partition coefficient (Wildman–Crippen LogP) is 3.10. The highest BCUT2D eigenvalue weighted by atomic mass is 32.2. The Hall–Kier alpha value is -3.00. The number of nitrogens with one attached hydrogen (secondary N) is 1. The van der Waals surface area contributed by atoms with Crippen molar-refractivity contribution < 1.29 is 23.9 Å². The monoisotopic (exact) mass is 414 g/mol. The van der Waals surface area contributed by atoms with Gasteiger partial charge in [-0.15, -0.1) is 11.8 Å². The molecule has 7 nitrogen and oxygen atoms in total. The van der Waals surface area contributed by atoms with Gasteiger partial charge in [-0.25, -0.2) is 0 Å². The van der Waals surface area contributed by atoms with Crippen LogP contribution in [-0.2, 0) is 19.1 Å². The number of hydrogen-bond acceptors (Lipinski definition) is 6. The number of rotatable bonds is 8. The third-order valence-corrected chi connectivity index (χ3v) is 5.30. The molecule has 0 atom stereocenters. The Morgan fingerprint density at radius 2 is 1.83 bits per heavy atom. The van der Waals surface area contributed by atoms with Crippen LogP contribution in [0.3, 0.4) is 0 Å². The summed E-state index contributed by atoms with van der Waals surface area (Å²) in [6, 6.07) is 14.3. The van der Waals surface area contributed by atoms with Crippen molar-refractivity contribution in [2.24, 2.45) is 0 Å². The molecule has 0 bridgehead atoms. The van der Waals surface area contributed by atoms with Gasteiger partial charge >= 0.3 is 5.97 Å². The fourth-order valence-electron chi connectivity index (χ4n) is 2.84. The first kappa shape index (κ1) is 20.7. The van der Waals surface area contributed by atoms with Gasteiger partial charge in [0.1, 0.15) is 5.75 Å². The van der Waals surface area contributed by atoms with E-state index in [-0.39, 0.29) is 18.3 Å². The lowest BCUT2D eigenvalue weighted by Gasteiger charge is -2.16. The average molecular weight is 414 g/mol. The van der Waals surface area contributed by atoms with Gasteiger partial charge in [-0.05, 0) is 55.0 Å². The van der Waals surface area contributed by atoms with Crippen LogP contribution in [0, 0.1) is 0 Å². The van der Waals surface area contributed by atoms with E-state index in [4.69, 9.17) is 9.47 Å². The third-order valence-electron chi connectivity index (χ3n) is 4.32. The highest BCUT2D eigenvalue weighted by Crippen LogP contribution is 2.23. The highest BCUT2D eigenvalue weighted by Gasteiger charge is 2.21. The van der Waals surface area contributed by atoms with Crippen LogP contribution in [0.15, 0.2) is 53.4 Å². The largest absolute Gasteiger partial charge is 0.497 e. The van der Waals surface area contributed by atoms with E-state index in [1.165, 1.54) is 11.8 Å². The summed E-state index contributed by atoms with van der Waals surface area (Å²) in [7, 11) is 1.59. The molecule has 1 fully saturated rings. The van der Waals surface area contributed by atoms with Crippen molar-refractivity contribution in [3.05, 3.63) is 48.5 Å². The maximum atomic E-state index is 12.0. The quantitative estimate of drug-likeness (QED) is 0.528. The number of benzene rings is 2. The normalized spacial score (nSPS) is 13.3. The maximum Gasteiger partial charge on any atom is 0.316 e. The van der Waals surface area contributed by atoms with Crippen LogP contribution in [0.25, 0.3) is 0 Å². The Morgan fingerprint density at radius 1 is 1.10 bits per heavy atom. The number of amides is 2. The summed E-state index contributed by atoms with van der Waals surface area (Å²) in [6.07, 6.45) is 1.43. The average Bonchev–Trinajstić information content (AvgIpc) is 3.17. The Labute approximate surface area is 173 Å². The molecule has 0 aliphatic carbocycles. The minimum absolute atomic E-state index is 0.109. The van der Waals surface area contributed by atoms with Gasteiger partial charge < -0.3 is 19.7 Å². The van der Waals surface area contributed by atoms with Gasteiger partial charge in [-0.2, -0.15) is 0 Å². The van der Waals surface area contributed by atoms with Crippen LogP contribution in [0.5, 0.6) is 5.75 Å². The highest BCUT2D eigenvalue weighted by molar-refractivity contribution is 8.00. The zero-order valence-electron chi connectivity index (χ0n) is 16.1. The van der Waals surface area contributed by atoms with Crippen molar-refractivity contribution in [1.29, 1.82) is 0 Å². The molecule has 2 aromatic carbocycles. The standard InChI is InChI=1S/C21H22N2O5S/c1-27-17-8-10-18(11-9-17)29-14-21(26)28-13-19(24)22-15-4-6-16(7-5-15)23-12-2-3-20(23)25/h4-11H,2-3,12-14H2,1H3,(H,22,24). The molecular formula is C21H22N2O5S. The van der Waals surface area contributed by atoms with Crippen molar-refractivity contribution in [3.63, 3.8) is 0 Å². The first-order valence-corrected chi connectivity index (χ1v) is 10.2. The first-order chi connectivity index (χ1) is 14.0. The zero-order chi connectivity index (χ0) is 20.6. The van der Waals surface area contributed by atoms with Gasteiger partial charge in [0.05, 0.1) is 12.9 Å². The SMILES string of the molecule is COc1ccc(SCC(=O)OCC(=O)Nc2ccc(N3CCCC3=O)cc2)cc1. The molecule has 1 heterocycles. The number of thioether (sulfide) groups is 1. The van der Waals surface area contributed by atoms with E-state index in [9.17, 15) is 14.4 Å². The van der Waals surface area contributed by atoms with E-state index in [0.29, 0.717) is 12.1 Å². The number of ether oxygens (including phenoxy) is 2. The molecule has 8 heteroatoms. The molecular weight excluding hydrogens is 392 g/mol. The van der Waals surface area contributed by atoms with Crippen LogP contribution >= 0.6 is 11.8 Å². The Kier molecular flexibility index (Phi) is 7.13. The van der Waals surface area contributed by atoms with Gasteiger partial charge in [0.2, 0.25) is 5.91 Å². The van der Waals surface area contributed by atoms with Crippen LogP contribution in [0.4, 0.5) is 11.4 Å². The van der Waals surface area contributed by atoms with Crippen molar-refractivity contribution in [2.75, 3.05) is 36.2 Å². The lowest BCUT2D eigenvalue weighted by molar-refractivity contribution is -0.144. The number of nitrogens with zero attached hydrogens (tertiary/aromatic N) is 1. The molecule has 152 valence electrons. The number of anilines is 2. The lowest BCUT2D eigenvalue weighted by Crippen LogP contribution is -2.24. The summed E-state index contributed by atoms with van der Waals surface area (Å²) in [4.78, 5) is 38.2. The van der Waals surface area contributed by atoms with E-state index >= 15 is 0 Å². The van der Waals surface area contributed by atoms with E-state index in [2.05, 4.69) is 5.32 Å². The second kappa shape index (κ2) is 9.97. The number of esters is 1. The van der Waals surface area contributed by atoms with Gasteiger partial charge in [0, 0.05) is 29.2 Å². The maximum absolute atomic E-state index is 12.0. The van der Waals surface area contributed by atoms with E-state index in [1.807, 2.05) is 24.3 Å². The Bertz CT molecular complexity index is 868. The summed E-state index contributed by atoms with van der Waals surface area (Å²) < 4.78 is 10.1. The topological polar surface area (TPSA) is 84.9 Å². The lowest BCUT2D eigenvalue weighted by atomic mass is 10.2. The Balaban J connectivity index is 1.39. The molecule has 0 spiro atoms. The van der Waals surface area contributed by atoms with Crippen LogP contribution in [-0.4, -0.2) is 43.8 Å². The fraction of sp³-hybridized carbons (Fsp3) is 0.286. The molecule has 0 saturated carbocycles. The van der Waals surface area contributed by atoms with Crippen molar-refractivity contribution >= 4 is 40.9 Å². The molecule has 29 heavy (non-hydrogen) atoms. The molecule has 0 unspecified atom stereocenters. The third kappa shape index (κ3) is 5.99. The number of carbonyl (C=O) groups is 3. The second-order valence-corrected chi connectivity index (χ2v) is 7.42. The van der Waals surface area contributed by atoms with Gasteiger partial charge in [0.25, 0.3) is 5.91 Å². The number of hydrogen-bond donors (Lipinski definition) is 1. The second-order valence-electron chi connectivity index (χ2n) is 6.37. The molecule has 2 aromatic rings. The van der Waals surface area contributed by atoms with Gasteiger partial charge in [-0.1, -0.05) is 0 Å². The summed E-state index contributed by atoms with van der Waals surface area (Å²) in [6.45, 7) is 0.364. The van der Waals surface area contributed by atoms with Crippen molar-refractivity contribution in [3.8, 4) is 5.75 Å². The van der Waals surface area contributed by atoms with Crippen molar-refractivity contribution in [1.82, 2.24) is 0 Å². The van der Waals surface area contributed by atoms with E-state index in [0.717, 1.165) is 29.3 Å². The van der Waals surface area contributed by atoms with Gasteiger partial charge in [0.15, 0.2) is 6.61 Å². The van der Waals surface area contributed by atoms with E-state index < -0.39 is 11.9 Å². The fourth-order valence-corrected chi connectivity index (χ4v) is 3.54. The molecule has 0 aromatic heterocycles. The molecule has 1 saturated heterocycles. The molecule has 1 aliphatic rings. The number of carbonyl (C=O) groups excluding carboxylic acids is 3. The van der Waals surface area contributed by atoms with Crippen LogP contribution in [0.1, 0.15) is 12.8 Å². The van der Waals surface area contributed by atoms with E-state index in [1.54, 1.807) is 36.3 Å². The van der Waals surface area contributed by atoms with Crippen molar-refractivity contribution in [2.45, 2.75) is 17.7 Å². The first-order valence-electron chi connectivity index (χ1n) is 9.18. The number of methoxy groups -OCH3 is 1. The summed E-state index contributed by atoms with van der Waals surface area (Å²) in [5.41, 5.74) is 1.39. The molecule has 2 amide bonds. The molecule has 0 radical (unpaired) electrons. The minimum Gasteiger partial charge on any atom is -0.497 e. The Morgan fingerprint density at radius 3 is 2.45 bits per heavy atom.